The molecule has 0 saturated carbocycles. The summed E-state index contributed by atoms with van der Waals surface area (Å²) < 4.78 is 5.69. The van der Waals surface area contributed by atoms with Crippen LogP contribution in [-0.4, -0.2) is 19.2 Å². The van der Waals surface area contributed by atoms with Gasteiger partial charge in [0, 0.05) is 27.3 Å². The second-order valence-corrected chi connectivity index (χ2v) is 4.87. The number of thiophene rings is 1. The van der Waals surface area contributed by atoms with E-state index in [0.717, 1.165) is 4.47 Å². The van der Waals surface area contributed by atoms with Crippen molar-refractivity contribution in [2.75, 3.05) is 13.2 Å². The van der Waals surface area contributed by atoms with E-state index in [1.807, 2.05) is 5.38 Å². The van der Waals surface area contributed by atoms with Gasteiger partial charge < -0.3 is 15.8 Å². The molecule has 1 amide bonds. The van der Waals surface area contributed by atoms with Crippen LogP contribution in [0, 0.1) is 0 Å². The van der Waals surface area contributed by atoms with Gasteiger partial charge in [0.25, 0.3) is 0 Å². The van der Waals surface area contributed by atoms with Crippen LogP contribution in [-0.2, 0) is 4.74 Å². The zero-order chi connectivity index (χ0) is 11.3. The SMILES string of the molecule is CC(NCCOC(N)=O)c1cc(Br)cs1. The van der Waals surface area contributed by atoms with E-state index >= 15 is 0 Å². The third-order valence-electron chi connectivity index (χ3n) is 1.81. The fourth-order valence-corrected chi connectivity index (χ4v) is 2.56. The molecule has 0 aliphatic rings. The van der Waals surface area contributed by atoms with Gasteiger partial charge >= 0.3 is 6.09 Å². The first-order chi connectivity index (χ1) is 7.09. The molecule has 84 valence electrons. The number of ether oxygens (including phenoxy) is 1. The van der Waals surface area contributed by atoms with Crippen LogP contribution >= 0.6 is 27.3 Å². The molecule has 1 rings (SSSR count). The zero-order valence-corrected chi connectivity index (χ0v) is 10.7. The number of carbonyl (C=O) groups is 1. The van der Waals surface area contributed by atoms with Crippen molar-refractivity contribution in [2.45, 2.75) is 13.0 Å². The van der Waals surface area contributed by atoms with Gasteiger partial charge in [-0.1, -0.05) is 0 Å². The Balaban J connectivity index is 2.24. The molecule has 0 aliphatic carbocycles. The number of halogens is 1. The van der Waals surface area contributed by atoms with Gasteiger partial charge in [0.1, 0.15) is 6.61 Å². The topological polar surface area (TPSA) is 64.3 Å². The third kappa shape index (κ3) is 4.63. The molecule has 1 aromatic heterocycles. The van der Waals surface area contributed by atoms with Crippen molar-refractivity contribution in [2.24, 2.45) is 5.73 Å². The summed E-state index contributed by atoms with van der Waals surface area (Å²) >= 11 is 5.08. The van der Waals surface area contributed by atoms with Crippen LogP contribution in [0.25, 0.3) is 0 Å². The number of rotatable bonds is 5. The van der Waals surface area contributed by atoms with Crippen molar-refractivity contribution in [3.63, 3.8) is 0 Å². The van der Waals surface area contributed by atoms with Crippen LogP contribution < -0.4 is 11.1 Å². The van der Waals surface area contributed by atoms with E-state index in [4.69, 9.17) is 5.73 Å². The van der Waals surface area contributed by atoms with Gasteiger partial charge in [-0.2, -0.15) is 0 Å². The van der Waals surface area contributed by atoms with Crippen molar-refractivity contribution in [3.8, 4) is 0 Å². The maximum atomic E-state index is 10.3. The Morgan fingerprint density at radius 2 is 2.53 bits per heavy atom. The molecular formula is C9H13BrN2O2S. The fourth-order valence-electron chi connectivity index (χ4n) is 1.08. The van der Waals surface area contributed by atoms with E-state index < -0.39 is 6.09 Å². The minimum Gasteiger partial charge on any atom is -0.448 e. The van der Waals surface area contributed by atoms with E-state index in [1.165, 1.54) is 4.88 Å². The van der Waals surface area contributed by atoms with Gasteiger partial charge in [-0.05, 0) is 28.9 Å². The molecule has 15 heavy (non-hydrogen) atoms. The van der Waals surface area contributed by atoms with Crippen molar-refractivity contribution in [1.82, 2.24) is 5.32 Å². The average molecular weight is 293 g/mol. The zero-order valence-electron chi connectivity index (χ0n) is 8.33. The molecular weight excluding hydrogens is 280 g/mol. The number of nitrogens with one attached hydrogen (secondary N) is 1. The van der Waals surface area contributed by atoms with E-state index in [1.54, 1.807) is 11.3 Å². The molecule has 0 radical (unpaired) electrons. The summed E-state index contributed by atoms with van der Waals surface area (Å²) in [7, 11) is 0. The molecule has 1 aromatic rings. The lowest BCUT2D eigenvalue weighted by Gasteiger charge is -2.11. The van der Waals surface area contributed by atoms with Gasteiger partial charge in [-0.25, -0.2) is 4.79 Å². The Morgan fingerprint density at radius 3 is 3.07 bits per heavy atom. The molecule has 4 nitrogen and oxygen atoms in total. The molecule has 0 aromatic carbocycles. The summed E-state index contributed by atoms with van der Waals surface area (Å²) in [5.41, 5.74) is 4.83. The van der Waals surface area contributed by atoms with Crippen LogP contribution in [0.1, 0.15) is 17.8 Å². The third-order valence-corrected chi connectivity index (χ3v) is 3.69. The van der Waals surface area contributed by atoms with Crippen LogP contribution in [0.15, 0.2) is 15.9 Å². The predicted molar refractivity (Wildman–Crippen MR) is 64.0 cm³/mol. The Labute approximate surface area is 101 Å². The lowest BCUT2D eigenvalue weighted by atomic mass is 10.3. The highest BCUT2D eigenvalue weighted by atomic mass is 79.9. The van der Waals surface area contributed by atoms with Gasteiger partial charge in [0.15, 0.2) is 0 Å². The van der Waals surface area contributed by atoms with Crippen molar-refractivity contribution >= 4 is 33.4 Å². The lowest BCUT2D eigenvalue weighted by molar-refractivity contribution is 0.156. The number of primary amides is 1. The molecule has 0 spiro atoms. The van der Waals surface area contributed by atoms with Crippen LogP contribution in [0.2, 0.25) is 0 Å². The Morgan fingerprint density at radius 1 is 1.80 bits per heavy atom. The predicted octanol–water partition coefficient (Wildman–Crippen LogP) is 2.26. The maximum absolute atomic E-state index is 10.3. The summed E-state index contributed by atoms with van der Waals surface area (Å²) in [5, 5.41) is 5.26. The molecule has 6 heteroatoms. The number of hydrogen-bond acceptors (Lipinski definition) is 4. The summed E-state index contributed by atoms with van der Waals surface area (Å²) in [6.07, 6.45) is -0.733. The molecule has 0 fully saturated rings. The van der Waals surface area contributed by atoms with Crippen molar-refractivity contribution in [3.05, 3.63) is 20.8 Å². The smallest absolute Gasteiger partial charge is 0.404 e. The van der Waals surface area contributed by atoms with Gasteiger partial charge in [0.05, 0.1) is 0 Å². The number of nitrogens with two attached hydrogens (primary N) is 1. The fraction of sp³-hybridized carbons (Fsp3) is 0.444. The molecule has 1 heterocycles. The number of amides is 1. The Bertz CT molecular complexity index is 330. The van der Waals surface area contributed by atoms with E-state index in [9.17, 15) is 4.79 Å². The molecule has 3 N–H and O–H groups in total. The maximum Gasteiger partial charge on any atom is 0.404 e. The number of hydrogen-bond donors (Lipinski definition) is 2. The Kier molecular flexibility index (Phi) is 5.07. The van der Waals surface area contributed by atoms with E-state index in [2.05, 4.69) is 39.0 Å². The minimum absolute atomic E-state index is 0.248. The standard InChI is InChI=1S/C9H13BrN2O2S/c1-6(8-4-7(10)5-15-8)12-2-3-14-9(11)13/h4-6,12H,2-3H2,1H3,(H2,11,13). The first-order valence-corrected chi connectivity index (χ1v) is 6.16. The van der Waals surface area contributed by atoms with Crippen LogP contribution in [0.5, 0.6) is 0 Å². The lowest BCUT2D eigenvalue weighted by Crippen LogP contribution is -2.25. The normalized spacial score (nSPS) is 12.4. The highest BCUT2D eigenvalue weighted by Gasteiger charge is 2.06. The first kappa shape index (κ1) is 12.5. The second-order valence-electron chi connectivity index (χ2n) is 3.01. The van der Waals surface area contributed by atoms with Gasteiger partial charge in [-0.3, -0.25) is 0 Å². The second kappa shape index (κ2) is 6.09. The monoisotopic (exact) mass is 292 g/mol. The van der Waals surface area contributed by atoms with E-state index in [0.29, 0.717) is 13.2 Å². The van der Waals surface area contributed by atoms with Crippen LogP contribution in [0.3, 0.4) is 0 Å². The van der Waals surface area contributed by atoms with Crippen LogP contribution in [0.4, 0.5) is 4.79 Å². The highest BCUT2D eigenvalue weighted by Crippen LogP contribution is 2.24. The average Bonchev–Trinajstić information content (AvgIpc) is 2.59. The van der Waals surface area contributed by atoms with E-state index in [-0.39, 0.29) is 6.04 Å². The molecule has 0 aliphatic heterocycles. The molecule has 0 bridgehead atoms. The molecule has 1 unspecified atom stereocenters. The summed E-state index contributed by atoms with van der Waals surface area (Å²) in [5.74, 6) is 0. The quantitative estimate of drug-likeness (QED) is 0.818. The molecule has 0 saturated heterocycles. The summed E-state index contributed by atoms with van der Waals surface area (Å²) in [6, 6.07) is 2.31. The van der Waals surface area contributed by atoms with Crippen molar-refractivity contribution in [1.29, 1.82) is 0 Å². The molecule has 1 atom stereocenters. The van der Waals surface area contributed by atoms with Crippen molar-refractivity contribution < 1.29 is 9.53 Å². The largest absolute Gasteiger partial charge is 0.448 e. The van der Waals surface area contributed by atoms with Gasteiger partial charge in [0.2, 0.25) is 0 Å². The van der Waals surface area contributed by atoms with Gasteiger partial charge in [-0.15, -0.1) is 11.3 Å². The summed E-state index contributed by atoms with van der Waals surface area (Å²) in [6.45, 7) is 2.95. The number of carbonyl (C=O) groups excluding carboxylic acids is 1. The highest BCUT2D eigenvalue weighted by molar-refractivity contribution is 9.10. The minimum atomic E-state index is -0.733. The first-order valence-electron chi connectivity index (χ1n) is 4.49. The Hall–Kier alpha value is -0.590. The summed E-state index contributed by atoms with van der Waals surface area (Å²) in [4.78, 5) is 11.5.